The zero-order chi connectivity index (χ0) is 18.5. The van der Waals surface area contributed by atoms with Crippen molar-refractivity contribution in [2.24, 2.45) is 4.99 Å². The highest BCUT2D eigenvalue weighted by molar-refractivity contribution is 7.92. The molecule has 1 saturated heterocycles. The number of sulfone groups is 1. The van der Waals surface area contributed by atoms with Crippen molar-refractivity contribution in [2.45, 2.75) is 31.9 Å². The second-order valence-corrected chi connectivity index (χ2v) is 9.55. The Hall–Kier alpha value is -1.76. The van der Waals surface area contributed by atoms with Crippen molar-refractivity contribution in [3.63, 3.8) is 0 Å². The Balaban J connectivity index is 1.92. The minimum absolute atomic E-state index is 0.164. The van der Waals surface area contributed by atoms with Crippen LogP contribution in [0.2, 0.25) is 0 Å². The van der Waals surface area contributed by atoms with E-state index >= 15 is 0 Å². The van der Waals surface area contributed by atoms with Gasteiger partial charge in [0.15, 0.2) is 15.8 Å². The number of ether oxygens (including phenoxy) is 1. The van der Waals surface area contributed by atoms with Gasteiger partial charge in [0, 0.05) is 26.7 Å². The molecule has 0 radical (unpaired) electrons. The third-order valence-corrected chi connectivity index (χ3v) is 6.99. The summed E-state index contributed by atoms with van der Waals surface area (Å²) in [5, 5.41) is 3.34. The molecule has 1 aromatic rings. The number of benzene rings is 1. The summed E-state index contributed by atoms with van der Waals surface area (Å²) >= 11 is 0. The smallest absolute Gasteiger partial charge is 0.193 e. The number of guanidine groups is 1. The lowest BCUT2D eigenvalue weighted by molar-refractivity contribution is 0.340. The number of nitrogens with zero attached hydrogens (tertiary/aromatic N) is 2. The molecule has 0 amide bonds. The highest BCUT2D eigenvalue weighted by atomic mass is 32.2. The monoisotopic (exact) mass is 367 g/mol. The lowest BCUT2D eigenvalue weighted by atomic mass is 10.1. The molecule has 1 aromatic carbocycles. The van der Waals surface area contributed by atoms with E-state index in [9.17, 15) is 8.42 Å². The van der Waals surface area contributed by atoms with Crippen molar-refractivity contribution in [3.05, 3.63) is 29.8 Å². The van der Waals surface area contributed by atoms with Crippen LogP contribution in [0.1, 0.15) is 26.3 Å². The third-order valence-electron chi connectivity index (χ3n) is 4.46. The predicted octanol–water partition coefficient (Wildman–Crippen LogP) is 1.71. The normalized spacial score (nSPS) is 19.5. The fourth-order valence-corrected chi connectivity index (χ4v) is 4.30. The molecular formula is C18H29N3O3S. The molecule has 1 N–H and O–H groups in total. The van der Waals surface area contributed by atoms with Crippen molar-refractivity contribution in [3.8, 4) is 5.75 Å². The Morgan fingerprint density at radius 1 is 1.40 bits per heavy atom. The average molecular weight is 368 g/mol. The van der Waals surface area contributed by atoms with Gasteiger partial charge in [-0.3, -0.25) is 4.99 Å². The van der Waals surface area contributed by atoms with Crippen molar-refractivity contribution in [1.29, 1.82) is 0 Å². The Labute approximate surface area is 151 Å². The summed E-state index contributed by atoms with van der Waals surface area (Å²) in [7, 11) is -1.32. The summed E-state index contributed by atoms with van der Waals surface area (Å²) < 4.78 is 29.1. The van der Waals surface area contributed by atoms with E-state index in [0.717, 1.165) is 24.7 Å². The molecule has 0 bridgehead atoms. The minimum Gasteiger partial charge on any atom is -0.494 e. The largest absolute Gasteiger partial charge is 0.494 e. The van der Waals surface area contributed by atoms with Gasteiger partial charge >= 0.3 is 0 Å². The van der Waals surface area contributed by atoms with Crippen molar-refractivity contribution < 1.29 is 13.2 Å². The Kier molecular flexibility index (Phi) is 6.32. The first-order valence-electron chi connectivity index (χ1n) is 8.68. The fourth-order valence-electron chi connectivity index (χ4n) is 2.93. The zero-order valence-corrected chi connectivity index (χ0v) is 16.4. The SMILES string of the molecule is CCOc1cccc(CCNC(=NC)N2CCS(=O)(=O)C(C)(C)C2)c1. The van der Waals surface area contributed by atoms with Crippen molar-refractivity contribution >= 4 is 15.8 Å². The van der Waals surface area contributed by atoms with E-state index in [2.05, 4.69) is 16.4 Å². The summed E-state index contributed by atoms with van der Waals surface area (Å²) in [6.07, 6.45) is 0.843. The van der Waals surface area contributed by atoms with Crippen molar-refractivity contribution in [1.82, 2.24) is 10.2 Å². The molecule has 2 rings (SSSR count). The summed E-state index contributed by atoms with van der Waals surface area (Å²) in [4.78, 5) is 6.34. The van der Waals surface area contributed by atoms with Crippen LogP contribution < -0.4 is 10.1 Å². The summed E-state index contributed by atoms with van der Waals surface area (Å²) in [5.41, 5.74) is 1.19. The topological polar surface area (TPSA) is 71.0 Å². The third kappa shape index (κ3) is 4.87. The molecule has 0 spiro atoms. The van der Waals surface area contributed by atoms with Crippen LogP contribution in [0, 0.1) is 0 Å². The van der Waals surface area contributed by atoms with E-state index in [4.69, 9.17) is 4.74 Å². The Morgan fingerprint density at radius 2 is 2.16 bits per heavy atom. The first kappa shape index (κ1) is 19.6. The van der Waals surface area contributed by atoms with Gasteiger partial charge in [0.05, 0.1) is 17.1 Å². The maximum atomic E-state index is 12.1. The van der Waals surface area contributed by atoms with Crippen molar-refractivity contribution in [2.75, 3.05) is 39.0 Å². The number of hydrogen-bond donors (Lipinski definition) is 1. The molecule has 1 aliphatic rings. The van der Waals surface area contributed by atoms with E-state index in [0.29, 0.717) is 19.7 Å². The Morgan fingerprint density at radius 3 is 2.80 bits per heavy atom. The van der Waals surface area contributed by atoms with Gasteiger partial charge in [-0.2, -0.15) is 0 Å². The maximum Gasteiger partial charge on any atom is 0.193 e. The molecule has 6 nitrogen and oxygen atoms in total. The summed E-state index contributed by atoms with van der Waals surface area (Å²) in [6, 6.07) is 8.07. The van der Waals surface area contributed by atoms with E-state index < -0.39 is 14.6 Å². The van der Waals surface area contributed by atoms with Gasteiger partial charge in [-0.15, -0.1) is 0 Å². The lowest BCUT2D eigenvalue weighted by Crippen LogP contribution is -2.57. The fraction of sp³-hybridized carbons (Fsp3) is 0.611. The van der Waals surface area contributed by atoms with Crippen LogP contribution in [0.15, 0.2) is 29.3 Å². The van der Waals surface area contributed by atoms with Gasteiger partial charge in [0.25, 0.3) is 0 Å². The first-order chi connectivity index (χ1) is 11.8. The molecule has 1 heterocycles. The lowest BCUT2D eigenvalue weighted by Gasteiger charge is -2.39. The van der Waals surface area contributed by atoms with Crippen LogP contribution in [0.25, 0.3) is 0 Å². The van der Waals surface area contributed by atoms with Gasteiger partial charge in [0.1, 0.15) is 5.75 Å². The van der Waals surface area contributed by atoms with Gasteiger partial charge in [-0.05, 0) is 44.9 Å². The molecule has 25 heavy (non-hydrogen) atoms. The van der Waals surface area contributed by atoms with Crippen LogP contribution in [0.4, 0.5) is 0 Å². The van der Waals surface area contributed by atoms with Gasteiger partial charge in [0.2, 0.25) is 0 Å². The van der Waals surface area contributed by atoms with Gasteiger partial charge < -0.3 is 15.0 Å². The maximum absolute atomic E-state index is 12.1. The predicted molar refractivity (Wildman–Crippen MR) is 102 cm³/mol. The van der Waals surface area contributed by atoms with Crippen LogP contribution >= 0.6 is 0 Å². The second kappa shape index (κ2) is 8.08. The summed E-state index contributed by atoms with van der Waals surface area (Å²) in [5.74, 6) is 1.80. The molecule has 0 unspecified atom stereocenters. The molecule has 140 valence electrons. The highest BCUT2D eigenvalue weighted by Crippen LogP contribution is 2.23. The standard InChI is InChI=1S/C18H29N3O3S/c1-5-24-16-8-6-7-15(13-16)9-10-20-17(19-4)21-11-12-25(22,23)18(2,3)14-21/h6-8,13H,5,9-12,14H2,1-4H3,(H,19,20). The van der Waals surface area contributed by atoms with Gasteiger partial charge in [-0.25, -0.2) is 8.42 Å². The minimum atomic E-state index is -3.05. The van der Waals surface area contributed by atoms with E-state index in [1.807, 2.05) is 30.0 Å². The highest BCUT2D eigenvalue weighted by Gasteiger charge is 2.40. The second-order valence-electron chi connectivity index (χ2n) is 6.80. The Bertz CT molecular complexity index is 714. The number of rotatable bonds is 5. The van der Waals surface area contributed by atoms with Gasteiger partial charge in [-0.1, -0.05) is 12.1 Å². The van der Waals surface area contributed by atoms with E-state index in [1.54, 1.807) is 20.9 Å². The van der Waals surface area contributed by atoms with Crippen LogP contribution in [-0.2, 0) is 16.3 Å². The molecule has 7 heteroatoms. The molecular weight excluding hydrogens is 338 g/mol. The quantitative estimate of drug-likeness (QED) is 0.634. The van der Waals surface area contributed by atoms with Crippen LogP contribution in [-0.4, -0.2) is 63.1 Å². The molecule has 1 fully saturated rings. The molecule has 1 aliphatic heterocycles. The van der Waals surface area contributed by atoms with Crippen LogP contribution in [0.3, 0.4) is 0 Å². The average Bonchev–Trinajstić information content (AvgIpc) is 2.55. The number of aliphatic imine (C=N–C) groups is 1. The molecule has 0 aliphatic carbocycles. The molecule has 0 saturated carbocycles. The first-order valence-corrected chi connectivity index (χ1v) is 10.3. The van der Waals surface area contributed by atoms with E-state index in [-0.39, 0.29) is 5.75 Å². The van der Waals surface area contributed by atoms with Crippen LogP contribution in [0.5, 0.6) is 5.75 Å². The van der Waals surface area contributed by atoms with E-state index in [1.165, 1.54) is 5.56 Å². The summed E-state index contributed by atoms with van der Waals surface area (Å²) in [6.45, 7) is 7.84. The number of hydrogen-bond acceptors (Lipinski definition) is 4. The molecule has 0 atom stereocenters. The number of nitrogens with one attached hydrogen (secondary N) is 1. The zero-order valence-electron chi connectivity index (χ0n) is 15.6. The molecule has 0 aromatic heterocycles.